The lowest BCUT2D eigenvalue weighted by Crippen LogP contribution is -2.05. The third kappa shape index (κ3) is 5.38. The van der Waals surface area contributed by atoms with Gasteiger partial charge in [-0.25, -0.2) is 0 Å². The highest BCUT2D eigenvalue weighted by molar-refractivity contribution is 5.93. The van der Waals surface area contributed by atoms with E-state index >= 15 is 0 Å². The first-order chi connectivity index (χ1) is 14.6. The summed E-state index contributed by atoms with van der Waals surface area (Å²) in [6.45, 7) is 1.68. The van der Waals surface area contributed by atoms with Gasteiger partial charge in [-0.05, 0) is 60.7 Å². The molecule has 3 nitrogen and oxygen atoms in total. The summed E-state index contributed by atoms with van der Waals surface area (Å²) in [4.78, 5) is 0. The van der Waals surface area contributed by atoms with Crippen molar-refractivity contribution in [2.24, 2.45) is 0 Å². The lowest BCUT2D eigenvalue weighted by atomic mass is 10.0. The standard InChI is InChI=1S/C25H24F2O3/c1-3-5-15-28-21-11-7-18(8-12-21)19-9-13-22-20(17-19)10-14-23(29-16-6-4-2)24(22)30-25(26)27/h3-14,17,25H,15-16H2,1-2H3. The predicted octanol–water partition coefficient (Wildman–Crippen LogP) is 7.02. The van der Waals surface area contributed by atoms with Crippen LogP contribution in [0, 0.1) is 0 Å². The number of hydrogen-bond donors (Lipinski definition) is 0. The van der Waals surface area contributed by atoms with Crippen molar-refractivity contribution in [1.82, 2.24) is 0 Å². The topological polar surface area (TPSA) is 27.7 Å². The summed E-state index contributed by atoms with van der Waals surface area (Å²) in [5.74, 6) is 1.12. The molecule has 3 rings (SSSR count). The van der Waals surface area contributed by atoms with Gasteiger partial charge >= 0.3 is 6.61 Å². The Balaban J connectivity index is 1.91. The van der Waals surface area contributed by atoms with E-state index in [9.17, 15) is 8.78 Å². The first kappa shape index (κ1) is 21.4. The number of halogens is 2. The molecule has 3 aromatic carbocycles. The van der Waals surface area contributed by atoms with Crippen LogP contribution in [0.4, 0.5) is 8.78 Å². The fraction of sp³-hybridized carbons (Fsp3) is 0.200. The lowest BCUT2D eigenvalue weighted by molar-refractivity contribution is -0.0502. The van der Waals surface area contributed by atoms with Crippen molar-refractivity contribution < 1.29 is 23.0 Å². The van der Waals surface area contributed by atoms with Crippen LogP contribution >= 0.6 is 0 Å². The van der Waals surface area contributed by atoms with Gasteiger partial charge in [0.25, 0.3) is 0 Å². The second-order valence-electron chi connectivity index (χ2n) is 6.49. The minimum absolute atomic E-state index is 0.0475. The normalized spacial score (nSPS) is 11.6. The number of benzene rings is 3. The highest BCUT2D eigenvalue weighted by Gasteiger charge is 2.15. The number of hydrogen-bond acceptors (Lipinski definition) is 3. The Morgan fingerprint density at radius 2 is 1.47 bits per heavy atom. The zero-order valence-corrected chi connectivity index (χ0v) is 17.0. The molecular weight excluding hydrogens is 386 g/mol. The Morgan fingerprint density at radius 3 is 2.13 bits per heavy atom. The molecule has 30 heavy (non-hydrogen) atoms. The summed E-state index contributed by atoms with van der Waals surface area (Å²) in [5, 5.41) is 1.36. The van der Waals surface area contributed by atoms with Crippen molar-refractivity contribution in [2.45, 2.75) is 20.5 Å². The van der Waals surface area contributed by atoms with Gasteiger partial charge in [0.2, 0.25) is 0 Å². The van der Waals surface area contributed by atoms with Gasteiger partial charge in [0.05, 0.1) is 0 Å². The molecule has 0 amide bonds. The van der Waals surface area contributed by atoms with Crippen molar-refractivity contribution in [1.29, 1.82) is 0 Å². The lowest BCUT2D eigenvalue weighted by Gasteiger charge is -2.15. The van der Waals surface area contributed by atoms with E-state index in [0.29, 0.717) is 12.0 Å². The Hall–Kier alpha value is -3.34. The van der Waals surface area contributed by atoms with Crippen molar-refractivity contribution >= 4 is 10.8 Å². The van der Waals surface area contributed by atoms with Crippen LogP contribution in [0.25, 0.3) is 21.9 Å². The molecule has 0 heterocycles. The van der Waals surface area contributed by atoms with E-state index in [2.05, 4.69) is 0 Å². The number of fused-ring (bicyclic) bond motifs is 1. The van der Waals surface area contributed by atoms with E-state index in [1.54, 1.807) is 18.2 Å². The Bertz CT molecular complexity index is 1020. The van der Waals surface area contributed by atoms with E-state index in [1.165, 1.54) is 0 Å². The summed E-state index contributed by atoms with van der Waals surface area (Å²) in [7, 11) is 0. The van der Waals surface area contributed by atoms with Gasteiger partial charge in [0, 0.05) is 5.39 Å². The molecule has 0 bridgehead atoms. The molecule has 156 valence electrons. The van der Waals surface area contributed by atoms with Gasteiger partial charge in [-0.3, -0.25) is 0 Å². The van der Waals surface area contributed by atoms with Crippen LogP contribution in [-0.2, 0) is 0 Å². The molecule has 5 heteroatoms. The van der Waals surface area contributed by atoms with E-state index in [-0.39, 0.29) is 18.1 Å². The number of allylic oxidation sites excluding steroid dienone is 2. The average Bonchev–Trinajstić information content (AvgIpc) is 2.75. The monoisotopic (exact) mass is 410 g/mol. The van der Waals surface area contributed by atoms with Crippen molar-refractivity contribution in [3.63, 3.8) is 0 Å². The third-order valence-corrected chi connectivity index (χ3v) is 4.48. The highest BCUT2D eigenvalue weighted by Crippen LogP contribution is 2.38. The largest absolute Gasteiger partial charge is 0.490 e. The van der Waals surface area contributed by atoms with Crippen LogP contribution in [0.1, 0.15) is 13.8 Å². The summed E-state index contributed by atoms with van der Waals surface area (Å²) >= 11 is 0. The molecule has 3 aromatic rings. The molecular formula is C25H24F2O3. The molecule has 0 radical (unpaired) electrons. The Morgan fingerprint density at radius 1 is 0.800 bits per heavy atom. The van der Waals surface area contributed by atoms with Crippen LogP contribution in [-0.4, -0.2) is 19.8 Å². The molecule has 0 atom stereocenters. The van der Waals surface area contributed by atoms with Crippen LogP contribution in [0.3, 0.4) is 0 Å². The van der Waals surface area contributed by atoms with E-state index in [4.69, 9.17) is 14.2 Å². The quantitative estimate of drug-likeness (QED) is 0.355. The van der Waals surface area contributed by atoms with E-state index in [0.717, 1.165) is 22.3 Å². The summed E-state index contributed by atoms with van der Waals surface area (Å²) < 4.78 is 42.0. The molecule has 0 saturated heterocycles. The second-order valence-corrected chi connectivity index (χ2v) is 6.49. The summed E-state index contributed by atoms with van der Waals surface area (Å²) in [6, 6.07) is 16.9. The molecule has 0 spiro atoms. The van der Waals surface area contributed by atoms with Gasteiger partial charge in [-0.1, -0.05) is 48.6 Å². The Kier molecular flexibility index (Phi) is 7.44. The molecule has 0 aliphatic heterocycles. The fourth-order valence-electron chi connectivity index (χ4n) is 3.00. The van der Waals surface area contributed by atoms with Crippen molar-refractivity contribution in [3.05, 3.63) is 78.9 Å². The fourth-order valence-corrected chi connectivity index (χ4v) is 3.00. The highest BCUT2D eigenvalue weighted by atomic mass is 19.3. The van der Waals surface area contributed by atoms with Crippen LogP contribution < -0.4 is 14.2 Å². The van der Waals surface area contributed by atoms with Crippen molar-refractivity contribution in [2.75, 3.05) is 13.2 Å². The average molecular weight is 410 g/mol. The predicted molar refractivity (Wildman–Crippen MR) is 117 cm³/mol. The van der Waals surface area contributed by atoms with Crippen LogP contribution in [0.15, 0.2) is 78.9 Å². The molecule has 0 unspecified atom stereocenters. The third-order valence-electron chi connectivity index (χ3n) is 4.48. The van der Waals surface area contributed by atoms with Gasteiger partial charge in [0.15, 0.2) is 11.5 Å². The molecule has 0 aromatic heterocycles. The van der Waals surface area contributed by atoms with E-state index < -0.39 is 6.61 Å². The molecule has 0 fully saturated rings. The summed E-state index contributed by atoms with van der Waals surface area (Å²) in [6.07, 6.45) is 7.50. The maximum atomic E-state index is 13.0. The molecule has 0 aliphatic carbocycles. The number of alkyl halides is 2. The second kappa shape index (κ2) is 10.4. The zero-order chi connectivity index (χ0) is 21.3. The minimum Gasteiger partial charge on any atom is -0.490 e. The minimum atomic E-state index is -2.94. The first-order valence-electron chi connectivity index (χ1n) is 9.72. The molecule has 0 N–H and O–H groups in total. The van der Waals surface area contributed by atoms with Crippen LogP contribution in [0.2, 0.25) is 0 Å². The SMILES string of the molecule is CC=CCOc1ccc(-c2ccc3c(OC(F)F)c(OCC=CC)ccc3c2)cc1. The zero-order valence-electron chi connectivity index (χ0n) is 17.0. The van der Waals surface area contributed by atoms with Crippen LogP contribution in [0.5, 0.6) is 17.2 Å². The smallest absolute Gasteiger partial charge is 0.387 e. The van der Waals surface area contributed by atoms with Gasteiger partial charge < -0.3 is 14.2 Å². The van der Waals surface area contributed by atoms with Crippen molar-refractivity contribution in [3.8, 4) is 28.4 Å². The van der Waals surface area contributed by atoms with Gasteiger partial charge in [-0.15, -0.1) is 0 Å². The Labute approximate surface area is 175 Å². The van der Waals surface area contributed by atoms with Gasteiger partial charge in [0.1, 0.15) is 19.0 Å². The number of rotatable bonds is 9. The summed E-state index contributed by atoms with van der Waals surface area (Å²) in [5.41, 5.74) is 1.97. The van der Waals surface area contributed by atoms with Gasteiger partial charge in [-0.2, -0.15) is 8.78 Å². The molecule has 0 aliphatic rings. The maximum absolute atomic E-state index is 13.0. The molecule has 0 saturated carbocycles. The number of ether oxygens (including phenoxy) is 3. The van der Waals surface area contributed by atoms with E-state index in [1.807, 2.05) is 74.5 Å². The first-order valence-corrected chi connectivity index (χ1v) is 9.72. The maximum Gasteiger partial charge on any atom is 0.387 e.